The summed E-state index contributed by atoms with van der Waals surface area (Å²) in [5, 5.41) is 2.25. The second kappa shape index (κ2) is 3.97. The predicted molar refractivity (Wildman–Crippen MR) is 52.9 cm³/mol. The average Bonchev–Trinajstić information content (AvgIpc) is 2.65. The van der Waals surface area contributed by atoms with Crippen LogP contribution < -0.4 is 10.0 Å². The lowest BCUT2D eigenvalue weighted by Crippen LogP contribution is -2.62. The third-order valence-corrected chi connectivity index (χ3v) is 4.60. The van der Waals surface area contributed by atoms with Crippen molar-refractivity contribution in [2.24, 2.45) is 0 Å². The van der Waals surface area contributed by atoms with Gasteiger partial charge in [0, 0.05) is 26.2 Å². The zero-order valence-corrected chi connectivity index (χ0v) is 9.15. The molecule has 0 aromatic carbocycles. The summed E-state index contributed by atoms with van der Waals surface area (Å²) in [6.45, 7) is 0.979. The second-order valence-corrected chi connectivity index (χ2v) is 6.15. The lowest BCUT2D eigenvalue weighted by Gasteiger charge is -2.35. The van der Waals surface area contributed by atoms with Crippen LogP contribution in [0.5, 0.6) is 0 Å². The topological polar surface area (TPSA) is 67.4 Å². The third-order valence-electron chi connectivity index (χ3n) is 2.80. The van der Waals surface area contributed by atoms with Gasteiger partial charge in [-0.1, -0.05) is 0 Å². The van der Waals surface area contributed by atoms with Crippen molar-refractivity contribution in [1.29, 1.82) is 0 Å². The van der Waals surface area contributed by atoms with Crippen LogP contribution in [0, 0.1) is 0 Å². The first-order valence-electron chi connectivity index (χ1n) is 4.98. The van der Waals surface area contributed by atoms with Gasteiger partial charge in [0.2, 0.25) is 10.0 Å². The van der Waals surface area contributed by atoms with E-state index in [0.717, 1.165) is 0 Å². The quantitative estimate of drug-likeness (QED) is 0.659. The van der Waals surface area contributed by atoms with Crippen molar-refractivity contribution in [3.8, 4) is 0 Å². The normalized spacial score (nSPS) is 30.1. The fourth-order valence-electron chi connectivity index (χ4n) is 1.63. The highest BCUT2D eigenvalue weighted by Crippen LogP contribution is 2.17. The molecule has 2 N–H and O–H groups in total. The van der Waals surface area contributed by atoms with Gasteiger partial charge >= 0.3 is 0 Å². The molecule has 2 aliphatic rings. The molecule has 0 spiro atoms. The van der Waals surface area contributed by atoms with E-state index < -0.39 is 20.9 Å². The fraction of sp³-hybridized carbons (Fsp3) is 1.00. The number of ether oxygens (including phenoxy) is 1. The van der Waals surface area contributed by atoms with Crippen LogP contribution in [0.1, 0.15) is 6.42 Å². The first-order valence-corrected chi connectivity index (χ1v) is 6.52. The van der Waals surface area contributed by atoms with Gasteiger partial charge in [0.15, 0.2) is 0 Å². The van der Waals surface area contributed by atoms with Crippen molar-refractivity contribution < 1.29 is 17.5 Å². The highest BCUT2D eigenvalue weighted by molar-refractivity contribution is 7.90. The van der Waals surface area contributed by atoms with E-state index in [1.54, 1.807) is 0 Å². The van der Waals surface area contributed by atoms with Crippen LogP contribution in [0.2, 0.25) is 0 Å². The molecule has 88 valence electrons. The first kappa shape index (κ1) is 11.3. The summed E-state index contributed by atoms with van der Waals surface area (Å²) in [5.41, 5.74) is -1.41. The minimum absolute atomic E-state index is 0.140. The number of rotatable bonds is 4. The predicted octanol–water partition coefficient (Wildman–Crippen LogP) is -0.994. The molecule has 15 heavy (non-hydrogen) atoms. The van der Waals surface area contributed by atoms with Gasteiger partial charge in [-0.05, 0) is 6.42 Å². The van der Waals surface area contributed by atoms with Gasteiger partial charge in [-0.25, -0.2) is 17.5 Å². The molecule has 0 radical (unpaired) electrons. The summed E-state index contributed by atoms with van der Waals surface area (Å²) in [7, 11) is -3.41. The number of sulfonamides is 1. The Balaban J connectivity index is 1.87. The number of alkyl halides is 1. The monoisotopic (exact) mass is 238 g/mol. The molecule has 0 aromatic rings. The molecule has 7 heteroatoms. The molecule has 2 heterocycles. The molecular weight excluding hydrogens is 223 g/mol. The summed E-state index contributed by atoms with van der Waals surface area (Å²) in [6, 6.07) is 0. The molecule has 2 fully saturated rings. The lowest BCUT2D eigenvalue weighted by atomic mass is 10.0. The van der Waals surface area contributed by atoms with E-state index in [4.69, 9.17) is 4.74 Å². The Hall–Kier alpha value is -0.240. The van der Waals surface area contributed by atoms with Crippen molar-refractivity contribution in [1.82, 2.24) is 10.0 Å². The van der Waals surface area contributed by atoms with Gasteiger partial charge in [-0.2, -0.15) is 0 Å². The summed E-state index contributed by atoms with van der Waals surface area (Å²) < 4.78 is 44.1. The number of nitrogens with one attached hydrogen (secondary N) is 2. The Bertz CT molecular complexity index is 323. The zero-order chi connectivity index (χ0) is 10.9. The van der Waals surface area contributed by atoms with Gasteiger partial charge in [-0.3, -0.25) is 0 Å². The van der Waals surface area contributed by atoms with Crippen LogP contribution in [0.25, 0.3) is 0 Å². The summed E-state index contributed by atoms with van der Waals surface area (Å²) in [6.07, 6.45) is 0.493. The van der Waals surface area contributed by atoms with E-state index in [2.05, 4.69) is 10.0 Å². The van der Waals surface area contributed by atoms with Crippen LogP contribution in [-0.2, 0) is 14.8 Å². The van der Waals surface area contributed by atoms with Gasteiger partial charge in [0.1, 0.15) is 10.9 Å². The van der Waals surface area contributed by atoms with Crippen molar-refractivity contribution in [3.05, 3.63) is 0 Å². The Kier molecular flexibility index (Phi) is 2.98. The fourth-order valence-corrected chi connectivity index (χ4v) is 3.00. The molecular formula is C8H15FN2O3S. The Morgan fingerprint density at radius 3 is 2.73 bits per heavy atom. The average molecular weight is 238 g/mol. The molecule has 0 aliphatic carbocycles. The van der Waals surface area contributed by atoms with Crippen molar-refractivity contribution in [2.75, 3.05) is 32.8 Å². The molecule has 0 bridgehead atoms. The smallest absolute Gasteiger partial charge is 0.216 e. The minimum atomic E-state index is -3.41. The summed E-state index contributed by atoms with van der Waals surface area (Å²) in [4.78, 5) is 0. The third kappa shape index (κ3) is 2.47. The number of halogens is 1. The molecule has 0 saturated carbocycles. The SMILES string of the molecule is O=S(=O)(NCC1(F)CNC1)C1CCOC1. The zero-order valence-electron chi connectivity index (χ0n) is 8.33. The van der Waals surface area contributed by atoms with Crippen molar-refractivity contribution in [2.45, 2.75) is 17.3 Å². The van der Waals surface area contributed by atoms with E-state index in [9.17, 15) is 12.8 Å². The first-order chi connectivity index (χ1) is 7.02. The molecule has 1 unspecified atom stereocenters. The van der Waals surface area contributed by atoms with Gasteiger partial charge in [0.25, 0.3) is 0 Å². The lowest BCUT2D eigenvalue weighted by molar-refractivity contribution is 0.0960. The molecule has 5 nitrogen and oxygen atoms in total. The maximum Gasteiger partial charge on any atom is 0.216 e. The molecule has 2 saturated heterocycles. The summed E-state index contributed by atoms with van der Waals surface area (Å²) in [5.74, 6) is 0. The number of hydrogen-bond acceptors (Lipinski definition) is 4. The second-order valence-electron chi connectivity index (χ2n) is 4.11. The van der Waals surface area contributed by atoms with E-state index in [1.165, 1.54) is 0 Å². The van der Waals surface area contributed by atoms with E-state index in [-0.39, 0.29) is 26.2 Å². The van der Waals surface area contributed by atoms with Crippen LogP contribution in [-0.4, -0.2) is 52.2 Å². The standard InChI is InChI=1S/C8H15FN2O3S/c9-8(4-10-5-8)6-11-15(12,13)7-1-2-14-3-7/h7,10-11H,1-6H2. The molecule has 0 amide bonds. The van der Waals surface area contributed by atoms with E-state index in [1.807, 2.05) is 0 Å². The van der Waals surface area contributed by atoms with Gasteiger partial charge in [-0.15, -0.1) is 0 Å². The maximum atomic E-state index is 13.5. The Morgan fingerprint density at radius 1 is 1.53 bits per heavy atom. The van der Waals surface area contributed by atoms with Gasteiger partial charge in [0.05, 0.1) is 6.61 Å². The minimum Gasteiger partial charge on any atom is -0.380 e. The van der Waals surface area contributed by atoms with Gasteiger partial charge < -0.3 is 10.1 Å². The van der Waals surface area contributed by atoms with Crippen LogP contribution >= 0.6 is 0 Å². The largest absolute Gasteiger partial charge is 0.380 e. The van der Waals surface area contributed by atoms with E-state index >= 15 is 0 Å². The number of hydrogen-bond donors (Lipinski definition) is 2. The Labute approximate surface area is 88.4 Å². The molecule has 2 aliphatic heterocycles. The highest BCUT2D eigenvalue weighted by Gasteiger charge is 2.39. The molecule has 2 rings (SSSR count). The highest BCUT2D eigenvalue weighted by atomic mass is 32.2. The van der Waals surface area contributed by atoms with Crippen LogP contribution in [0.4, 0.5) is 4.39 Å². The summed E-state index contributed by atoms with van der Waals surface area (Å²) >= 11 is 0. The van der Waals surface area contributed by atoms with Crippen molar-refractivity contribution in [3.63, 3.8) is 0 Å². The van der Waals surface area contributed by atoms with Crippen LogP contribution in [0.3, 0.4) is 0 Å². The molecule has 1 atom stereocenters. The Morgan fingerprint density at radius 2 is 2.27 bits per heavy atom. The van der Waals surface area contributed by atoms with E-state index in [0.29, 0.717) is 13.0 Å². The van der Waals surface area contributed by atoms with Crippen molar-refractivity contribution >= 4 is 10.0 Å². The molecule has 0 aromatic heterocycles. The maximum absolute atomic E-state index is 13.5. The van der Waals surface area contributed by atoms with Crippen LogP contribution in [0.15, 0.2) is 0 Å².